The average molecular weight is 206 g/mol. The van der Waals surface area contributed by atoms with Crippen molar-refractivity contribution in [3.63, 3.8) is 0 Å². The maximum absolute atomic E-state index is 11.9. The highest BCUT2D eigenvalue weighted by Crippen LogP contribution is 2.13. The molecule has 1 unspecified atom stereocenters. The monoisotopic (exact) mass is 206 g/mol. The summed E-state index contributed by atoms with van der Waals surface area (Å²) in [6.07, 6.45) is 3.30. The van der Waals surface area contributed by atoms with Crippen LogP contribution in [0.4, 0.5) is 0 Å². The SMILES string of the molecule is C=CCN(CC=C)C(=O)C(C#N)C(C)C. The number of amides is 1. The predicted octanol–water partition coefficient (Wildman–Crippen LogP) is 1.98. The van der Waals surface area contributed by atoms with E-state index >= 15 is 0 Å². The van der Waals surface area contributed by atoms with E-state index in [0.717, 1.165) is 0 Å². The van der Waals surface area contributed by atoms with Gasteiger partial charge in [-0.15, -0.1) is 13.2 Å². The van der Waals surface area contributed by atoms with E-state index in [1.54, 1.807) is 17.1 Å². The Hall–Kier alpha value is -1.56. The van der Waals surface area contributed by atoms with E-state index in [4.69, 9.17) is 5.26 Å². The lowest BCUT2D eigenvalue weighted by molar-refractivity contribution is -0.133. The maximum Gasteiger partial charge on any atom is 0.240 e. The summed E-state index contributed by atoms with van der Waals surface area (Å²) in [7, 11) is 0. The molecule has 15 heavy (non-hydrogen) atoms. The average Bonchev–Trinajstić information content (AvgIpc) is 2.17. The summed E-state index contributed by atoms with van der Waals surface area (Å²) >= 11 is 0. The van der Waals surface area contributed by atoms with Crippen molar-refractivity contribution in [1.82, 2.24) is 4.90 Å². The molecule has 0 fully saturated rings. The fourth-order valence-corrected chi connectivity index (χ4v) is 1.25. The molecule has 0 radical (unpaired) electrons. The zero-order chi connectivity index (χ0) is 11.8. The Kier molecular flexibility index (Phi) is 6.12. The van der Waals surface area contributed by atoms with E-state index in [1.165, 1.54) is 0 Å². The van der Waals surface area contributed by atoms with E-state index in [9.17, 15) is 4.79 Å². The standard InChI is InChI=1S/C12H18N2O/c1-5-7-14(8-6-2)12(15)11(9-13)10(3)4/h5-6,10-11H,1-2,7-8H2,3-4H3. The second-order valence-corrected chi connectivity index (χ2v) is 3.67. The highest BCUT2D eigenvalue weighted by Gasteiger charge is 2.25. The van der Waals surface area contributed by atoms with Crippen LogP contribution in [0, 0.1) is 23.2 Å². The molecule has 0 aliphatic rings. The Morgan fingerprint density at radius 1 is 1.40 bits per heavy atom. The van der Waals surface area contributed by atoms with Crippen molar-refractivity contribution >= 4 is 5.91 Å². The molecule has 0 saturated heterocycles. The fraction of sp³-hybridized carbons (Fsp3) is 0.500. The number of rotatable bonds is 6. The summed E-state index contributed by atoms with van der Waals surface area (Å²) in [6.45, 7) is 11.8. The van der Waals surface area contributed by atoms with Gasteiger partial charge in [0.1, 0.15) is 5.92 Å². The smallest absolute Gasteiger partial charge is 0.240 e. The molecule has 3 nitrogen and oxygen atoms in total. The minimum absolute atomic E-state index is 0.0274. The molecular weight excluding hydrogens is 188 g/mol. The van der Waals surface area contributed by atoms with Crippen LogP contribution in [-0.2, 0) is 4.79 Å². The topological polar surface area (TPSA) is 44.1 Å². The van der Waals surface area contributed by atoms with Gasteiger partial charge in [-0.05, 0) is 5.92 Å². The Morgan fingerprint density at radius 3 is 2.13 bits per heavy atom. The Balaban J connectivity index is 4.67. The Bertz CT molecular complexity index is 266. The molecule has 0 aliphatic heterocycles. The van der Waals surface area contributed by atoms with Crippen molar-refractivity contribution in [2.75, 3.05) is 13.1 Å². The Morgan fingerprint density at radius 2 is 1.87 bits per heavy atom. The minimum atomic E-state index is -0.579. The van der Waals surface area contributed by atoms with Crippen LogP contribution in [0.3, 0.4) is 0 Å². The second kappa shape index (κ2) is 6.83. The summed E-state index contributed by atoms with van der Waals surface area (Å²) in [6, 6.07) is 2.04. The van der Waals surface area contributed by atoms with Gasteiger partial charge in [-0.3, -0.25) is 4.79 Å². The molecular formula is C12H18N2O. The van der Waals surface area contributed by atoms with Crippen molar-refractivity contribution in [3.8, 4) is 6.07 Å². The summed E-state index contributed by atoms with van der Waals surface area (Å²) in [5, 5.41) is 8.90. The molecule has 82 valence electrons. The normalized spacial score (nSPS) is 11.6. The van der Waals surface area contributed by atoms with Crippen LogP contribution < -0.4 is 0 Å². The molecule has 0 N–H and O–H groups in total. The lowest BCUT2D eigenvalue weighted by Crippen LogP contribution is -2.37. The molecule has 0 rings (SSSR count). The van der Waals surface area contributed by atoms with E-state index in [2.05, 4.69) is 13.2 Å². The van der Waals surface area contributed by atoms with Gasteiger partial charge in [-0.1, -0.05) is 26.0 Å². The van der Waals surface area contributed by atoms with Crippen LogP contribution in [-0.4, -0.2) is 23.9 Å². The highest BCUT2D eigenvalue weighted by molar-refractivity contribution is 5.81. The van der Waals surface area contributed by atoms with Crippen LogP contribution in [0.5, 0.6) is 0 Å². The molecule has 0 aliphatic carbocycles. The van der Waals surface area contributed by atoms with Crippen molar-refractivity contribution in [1.29, 1.82) is 5.26 Å². The van der Waals surface area contributed by atoms with Gasteiger partial charge in [0.2, 0.25) is 5.91 Å². The third kappa shape index (κ3) is 3.99. The van der Waals surface area contributed by atoms with Crippen LogP contribution in [0.1, 0.15) is 13.8 Å². The molecule has 0 aromatic rings. The third-order valence-electron chi connectivity index (χ3n) is 2.08. The summed E-state index contributed by atoms with van der Waals surface area (Å²) < 4.78 is 0. The van der Waals surface area contributed by atoms with E-state index in [1.807, 2.05) is 19.9 Å². The molecule has 0 heterocycles. The van der Waals surface area contributed by atoms with Gasteiger partial charge >= 0.3 is 0 Å². The molecule has 1 amide bonds. The maximum atomic E-state index is 11.9. The van der Waals surface area contributed by atoms with Crippen molar-refractivity contribution in [2.24, 2.45) is 11.8 Å². The van der Waals surface area contributed by atoms with Crippen molar-refractivity contribution < 1.29 is 4.79 Å². The van der Waals surface area contributed by atoms with Crippen LogP contribution >= 0.6 is 0 Å². The van der Waals surface area contributed by atoms with Gasteiger partial charge in [0.15, 0.2) is 0 Å². The van der Waals surface area contributed by atoms with Gasteiger partial charge in [0.25, 0.3) is 0 Å². The predicted molar refractivity (Wildman–Crippen MR) is 60.9 cm³/mol. The van der Waals surface area contributed by atoms with Gasteiger partial charge in [0, 0.05) is 13.1 Å². The lowest BCUT2D eigenvalue weighted by atomic mass is 9.96. The molecule has 0 saturated carbocycles. The molecule has 0 aromatic heterocycles. The summed E-state index contributed by atoms with van der Waals surface area (Å²) in [5.41, 5.74) is 0. The van der Waals surface area contributed by atoms with Crippen LogP contribution in [0.25, 0.3) is 0 Å². The fourth-order valence-electron chi connectivity index (χ4n) is 1.25. The minimum Gasteiger partial charge on any atom is -0.334 e. The number of nitrogens with zero attached hydrogens (tertiary/aromatic N) is 2. The zero-order valence-electron chi connectivity index (χ0n) is 9.44. The van der Waals surface area contributed by atoms with Crippen molar-refractivity contribution in [2.45, 2.75) is 13.8 Å². The second-order valence-electron chi connectivity index (χ2n) is 3.67. The first-order valence-electron chi connectivity index (χ1n) is 4.98. The molecule has 0 aromatic carbocycles. The van der Waals surface area contributed by atoms with Crippen LogP contribution in [0.15, 0.2) is 25.3 Å². The number of carbonyl (C=O) groups is 1. The number of hydrogen-bond donors (Lipinski definition) is 0. The van der Waals surface area contributed by atoms with Gasteiger partial charge in [-0.2, -0.15) is 5.26 Å². The molecule has 3 heteroatoms. The summed E-state index contributed by atoms with van der Waals surface area (Å²) in [5.74, 6) is -0.697. The summed E-state index contributed by atoms with van der Waals surface area (Å²) in [4.78, 5) is 13.5. The van der Waals surface area contributed by atoms with E-state index in [-0.39, 0.29) is 11.8 Å². The van der Waals surface area contributed by atoms with Gasteiger partial charge in [-0.25, -0.2) is 0 Å². The Labute approximate surface area is 91.7 Å². The highest BCUT2D eigenvalue weighted by atomic mass is 16.2. The molecule has 0 bridgehead atoms. The van der Waals surface area contributed by atoms with Gasteiger partial charge < -0.3 is 4.90 Å². The van der Waals surface area contributed by atoms with Crippen LogP contribution in [0.2, 0.25) is 0 Å². The van der Waals surface area contributed by atoms with E-state index < -0.39 is 5.92 Å². The quantitative estimate of drug-likeness (QED) is 0.624. The third-order valence-corrected chi connectivity index (χ3v) is 2.08. The van der Waals surface area contributed by atoms with E-state index in [0.29, 0.717) is 13.1 Å². The first-order valence-corrected chi connectivity index (χ1v) is 4.98. The number of carbonyl (C=O) groups excluding carboxylic acids is 1. The largest absolute Gasteiger partial charge is 0.334 e. The molecule has 0 spiro atoms. The first kappa shape index (κ1) is 13.4. The number of nitriles is 1. The zero-order valence-corrected chi connectivity index (χ0v) is 9.44. The van der Waals surface area contributed by atoms with Crippen molar-refractivity contribution in [3.05, 3.63) is 25.3 Å². The lowest BCUT2D eigenvalue weighted by Gasteiger charge is -2.23. The molecule has 1 atom stereocenters. The number of hydrogen-bond acceptors (Lipinski definition) is 2. The van der Waals surface area contributed by atoms with Gasteiger partial charge in [0.05, 0.1) is 6.07 Å². The first-order chi connectivity index (χ1) is 7.08.